The molecule has 3 rings (SSSR count). The lowest BCUT2D eigenvalue weighted by molar-refractivity contribution is 0.0690. The number of pyridine rings is 1. The molecule has 6 nitrogen and oxygen atoms in total. The van der Waals surface area contributed by atoms with Crippen LogP contribution in [0.4, 0.5) is 0 Å². The highest BCUT2D eigenvalue weighted by atomic mass is 32.2. The maximum atomic E-state index is 10.9. The number of aromatic carboxylic acids is 1. The SMILES string of the molecule is O=C(O)c1cc(SCc2nc(-c3cccs3)no2)ccn1. The maximum absolute atomic E-state index is 10.9. The topological polar surface area (TPSA) is 89.1 Å². The van der Waals surface area contributed by atoms with Crippen LogP contribution in [-0.4, -0.2) is 26.2 Å². The van der Waals surface area contributed by atoms with Crippen LogP contribution in [0, 0.1) is 0 Å². The smallest absolute Gasteiger partial charge is 0.354 e. The zero-order valence-electron chi connectivity index (χ0n) is 10.6. The zero-order chi connectivity index (χ0) is 14.7. The molecule has 0 aliphatic heterocycles. The Morgan fingerprint density at radius 3 is 3.10 bits per heavy atom. The molecule has 0 aliphatic carbocycles. The number of nitrogens with zero attached hydrogens (tertiary/aromatic N) is 3. The summed E-state index contributed by atoms with van der Waals surface area (Å²) in [5, 5.41) is 14.8. The second kappa shape index (κ2) is 6.06. The number of aromatic nitrogens is 3. The fraction of sp³-hybridized carbons (Fsp3) is 0.0769. The summed E-state index contributed by atoms with van der Waals surface area (Å²) in [5.41, 5.74) is 0.0183. The van der Waals surface area contributed by atoms with E-state index in [0.29, 0.717) is 17.5 Å². The predicted molar refractivity (Wildman–Crippen MR) is 78.4 cm³/mol. The van der Waals surface area contributed by atoms with E-state index in [1.807, 2.05) is 17.5 Å². The highest BCUT2D eigenvalue weighted by molar-refractivity contribution is 7.98. The molecule has 8 heteroatoms. The van der Waals surface area contributed by atoms with Gasteiger partial charge in [-0.05, 0) is 23.6 Å². The van der Waals surface area contributed by atoms with E-state index in [1.165, 1.54) is 24.0 Å². The van der Waals surface area contributed by atoms with Crippen molar-refractivity contribution in [2.24, 2.45) is 0 Å². The molecule has 3 aromatic rings. The van der Waals surface area contributed by atoms with Crippen molar-refractivity contribution in [2.45, 2.75) is 10.6 Å². The first-order valence-corrected chi connectivity index (χ1v) is 7.77. The zero-order valence-corrected chi connectivity index (χ0v) is 12.2. The van der Waals surface area contributed by atoms with Gasteiger partial charge in [-0.2, -0.15) is 4.98 Å². The summed E-state index contributed by atoms with van der Waals surface area (Å²) in [6.45, 7) is 0. The molecule has 3 aromatic heterocycles. The Kier molecular flexibility index (Phi) is 3.98. The molecule has 0 unspecified atom stereocenters. The third kappa shape index (κ3) is 3.29. The van der Waals surface area contributed by atoms with Crippen LogP contribution in [0.15, 0.2) is 45.3 Å². The molecular weight excluding hydrogens is 310 g/mol. The van der Waals surface area contributed by atoms with Crippen LogP contribution in [0.2, 0.25) is 0 Å². The fourth-order valence-electron chi connectivity index (χ4n) is 1.58. The van der Waals surface area contributed by atoms with Crippen molar-refractivity contribution in [3.63, 3.8) is 0 Å². The number of carbonyl (C=O) groups is 1. The molecule has 0 saturated carbocycles. The van der Waals surface area contributed by atoms with Crippen molar-refractivity contribution in [3.8, 4) is 10.7 Å². The molecule has 0 spiro atoms. The first kappa shape index (κ1) is 13.8. The number of hydrogen-bond acceptors (Lipinski definition) is 7. The molecule has 0 radical (unpaired) electrons. The molecule has 21 heavy (non-hydrogen) atoms. The molecule has 106 valence electrons. The van der Waals surface area contributed by atoms with Gasteiger partial charge in [0, 0.05) is 11.1 Å². The summed E-state index contributed by atoms with van der Waals surface area (Å²) in [6, 6.07) is 7.11. The summed E-state index contributed by atoms with van der Waals surface area (Å²) in [5.74, 6) is 0.496. The highest BCUT2D eigenvalue weighted by Gasteiger charge is 2.11. The number of hydrogen-bond donors (Lipinski definition) is 1. The molecule has 0 aromatic carbocycles. The fourth-order valence-corrected chi connectivity index (χ4v) is 2.99. The standard InChI is InChI=1S/C13H9N3O3S2/c17-13(18)9-6-8(3-4-14-9)21-7-11-15-12(16-19-11)10-2-1-5-20-10/h1-6H,7H2,(H,17,18). The van der Waals surface area contributed by atoms with E-state index in [0.717, 1.165) is 9.77 Å². The van der Waals surface area contributed by atoms with Crippen molar-refractivity contribution in [2.75, 3.05) is 0 Å². The van der Waals surface area contributed by atoms with Crippen molar-refractivity contribution in [1.82, 2.24) is 15.1 Å². The molecule has 0 bridgehead atoms. The normalized spacial score (nSPS) is 10.7. The lowest BCUT2D eigenvalue weighted by Gasteiger charge is -1.99. The average molecular weight is 319 g/mol. The van der Waals surface area contributed by atoms with Gasteiger partial charge in [-0.15, -0.1) is 23.1 Å². The molecule has 0 fully saturated rings. The van der Waals surface area contributed by atoms with Gasteiger partial charge < -0.3 is 9.63 Å². The van der Waals surface area contributed by atoms with Gasteiger partial charge in [0.15, 0.2) is 0 Å². The Balaban J connectivity index is 1.68. The summed E-state index contributed by atoms with van der Waals surface area (Å²) >= 11 is 2.96. The van der Waals surface area contributed by atoms with E-state index < -0.39 is 5.97 Å². The first-order chi connectivity index (χ1) is 10.2. The monoisotopic (exact) mass is 319 g/mol. The van der Waals surface area contributed by atoms with E-state index in [2.05, 4.69) is 15.1 Å². The van der Waals surface area contributed by atoms with Gasteiger partial charge in [0.05, 0.1) is 10.6 Å². The van der Waals surface area contributed by atoms with Gasteiger partial charge in [-0.3, -0.25) is 0 Å². The van der Waals surface area contributed by atoms with Crippen molar-refractivity contribution in [3.05, 3.63) is 47.4 Å². The van der Waals surface area contributed by atoms with E-state index in [4.69, 9.17) is 9.63 Å². The molecule has 3 heterocycles. The van der Waals surface area contributed by atoms with Gasteiger partial charge in [-0.1, -0.05) is 11.2 Å². The van der Waals surface area contributed by atoms with Crippen LogP contribution in [0.1, 0.15) is 16.4 Å². The second-order valence-corrected chi connectivity index (χ2v) is 5.96. The minimum atomic E-state index is -1.05. The Labute approximate surface area is 127 Å². The minimum Gasteiger partial charge on any atom is -0.477 e. The summed E-state index contributed by atoms with van der Waals surface area (Å²) in [4.78, 5) is 20.7. The van der Waals surface area contributed by atoms with Gasteiger partial charge in [-0.25, -0.2) is 9.78 Å². The Morgan fingerprint density at radius 2 is 2.33 bits per heavy atom. The highest BCUT2D eigenvalue weighted by Crippen LogP contribution is 2.25. The van der Waals surface area contributed by atoms with Crippen molar-refractivity contribution < 1.29 is 14.4 Å². The van der Waals surface area contributed by atoms with Crippen LogP contribution in [0.25, 0.3) is 10.7 Å². The molecule has 0 atom stereocenters. The summed E-state index contributed by atoms with van der Waals surface area (Å²) < 4.78 is 5.18. The number of carboxylic acids is 1. The summed E-state index contributed by atoms with van der Waals surface area (Å²) in [6.07, 6.45) is 1.47. The lowest BCUT2D eigenvalue weighted by atomic mass is 10.3. The molecule has 0 amide bonds. The molecule has 0 aliphatic rings. The minimum absolute atomic E-state index is 0.0183. The molecule has 0 saturated heterocycles. The van der Waals surface area contributed by atoms with Crippen LogP contribution in [0.5, 0.6) is 0 Å². The van der Waals surface area contributed by atoms with Crippen molar-refractivity contribution >= 4 is 29.1 Å². The van der Waals surface area contributed by atoms with Gasteiger partial charge in [0.2, 0.25) is 11.7 Å². The molecular formula is C13H9N3O3S2. The summed E-state index contributed by atoms with van der Waals surface area (Å²) in [7, 11) is 0. The van der Waals surface area contributed by atoms with Gasteiger partial charge in [0.1, 0.15) is 5.69 Å². The van der Waals surface area contributed by atoms with Gasteiger partial charge >= 0.3 is 5.97 Å². The van der Waals surface area contributed by atoms with E-state index >= 15 is 0 Å². The van der Waals surface area contributed by atoms with Crippen molar-refractivity contribution in [1.29, 1.82) is 0 Å². The van der Waals surface area contributed by atoms with Crippen LogP contribution >= 0.6 is 23.1 Å². The largest absolute Gasteiger partial charge is 0.477 e. The third-order valence-electron chi connectivity index (χ3n) is 2.52. The lowest BCUT2D eigenvalue weighted by Crippen LogP contribution is -1.99. The number of thioether (sulfide) groups is 1. The first-order valence-electron chi connectivity index (χ1n) is 5.91. The van der Waals surface area contributed by atoms with E-state index in [9.17, 15) is 4.79 Å². The quantitative estimate of drug-likeness (QED) is 0.722. The Morgan fingerprint density at radius 1 is 1.43 bits per heavy atom. The Bertz CT molecular complexity index is 756. The van der Waals surface area contributed by atoms with Crippen LogP contribution in [-0.2, 0) is 5.75 Å². The molecule has 1 N–H and O–H groups in total. The third-order valence-corrected chi connectivity index (χ3v) is 4.37. The predicted octanol–water partition coefficient (Wildman–Crippen LogP) is 3.18. The van der Waals surface area contributed by atoms with Crippen LogP contribution in [0.3, 0.4) is 0 Å². The van der Waals surface area contributed by atoms with E-state index in [1.54, 1.807) is 17.4 Å². The van der Waals surface area contributed by atoms with Gasteiger partial charge in [0.25, 0.3) is 0 Å². The van der Waals surface area contributed by atoms with Crippen LogP contribution < -0.4 is 0 Å². The second-order valence-electron chi connectivity index (χ2n) is 3.96. The number of rotatable bonds is 5. The number of thiophene rings is 1. The maximum Gasteiger partial charge on any atom is 0.354 e. The van der Waals surface area contributed by atoms with E-state index in [-0.39, 0.29) is 5.69 Å². The Hall–Kier alpha value is -2.19. The average Bonchev–Trinajstić information content (AvgIpc) is 3.16. The number of carboxylic acid groups (broad SMARTS) is 1.